The molecule has 0 spiro atoms. The van der Waals surface area contributed by atoms with Crippen LogP contribution >= 0.6 is 0 Å². The first-order valence-corrected chi connectivity index (χ1v) is 9.34. The Kier molecular flexibility index (Phi) is 7.87. The van der Waals surface area contributed by atoms with Gasteiger partial charge in [-0.05, 0) is 49.6 Å². The third kappa shape index (κ3) is 5.74. The molecule has 0 unspecified atom stereocenters. The predicted octanol–water partition coefficient (Wildman–Crippen LogP) is 3.69. The summed E-state index contributed by atoms with van der Waals surface area (Å²) in [6, 6.07) is 12.6. The number of ether oxygens (including phenoxy) is 3. The van der Waals surface area contributed by atoms with E-state index < -0.39 is 5.97 Å². The maximum absolute atomic E-state index is 12.2. The highest BCUT2D eigenvalue weighted by atomic mass is 16.5. The highest BCUT2D eigenvalue weighted by Crippen LogP contribution is 2.28. The smallest absolute Gasteiger partial charge is 0.338 e. The molecule has 2 aromatic carbocycles. The quantitative estimate of drug-likeness (QED) is 0.667. The van der Waals surface area contributed by atoms with Crippen molar-refractivity contribution in [3.8, 4) is 11.5 Å². The highest BCUT2D eigenvalue weighted by molar-refractivity contribution is 5.92. The molecule has 0 saturated heterocycles. The molecule has 6 nitrogen and oxygen atoms in total. The molecule has 2 aromatic rings. The molecule has 2 rings (SSSR count). The standard InChI is InChI=1S/C22H27NO5/c1-5-16-7-9-17(10-8-16)15(3)23-21(24)14-28-22(25)18-11-12-19(26-4)20(13-18)27-6-2/h7-13,15H,5-6,14H2,1-4H3,(H,23,24)/t15-/m1/s1. The lowest BCUT2D eigenvalue weighted by molar-refractivity contribution is -0.124. The molecule has 0 bridgehead atoms. The summed E-state index contributed by atoms with van der Waals surface area (Å²) in [6.45, 7) is 5.90. The number of hydrogen-bond donors (Lipinski definition) is 1. The lowest BCUT2D eigenvalue weighted by Crippen LogP contribution is -2.31. The van der Waals surface area contributed by atoms with Gasteiger partial charge < -0.3 is 19.5 Å². The fraction of sp³-hybridized carbons (Fsp3) is 0.364. The van der Waals surface area contributed by atoms with E-state index in [1.165, 1.54) is 12.7 Å². The monoisotopic (exact) mass is 385 g/mol. The van der Waals surface area contributed by atoms with Crippen LogP contribution in [0.5, 0.6) is 11.5 Å². The normalized spacial score (nSPS) is 11.4. The first-order valence-electron chi connectivity index (χ1n) is 9.34. The lowest BCUT2D eigenvalue weighted by atomic mass is 10.1. The van der Waals surface area contributed by atoms with Gasteiger partial charge in [-0.15, -0.1) is 0 Å². The Labute approximate surface area is 165 Å². The molecule has 6 heteroatoms. The molecule has 0 aliphatic heterocycles. The fourth-order valence-corrected chi connectivity index (χ4v) is 2.69. The number of hydrogen-bond acceptors (Lipinski definition) is 5. The van der Waals surface area contributed by atoms with E-state index in [1.807, 2.05) is 38.1 Å². The first-order chi connectivity index (χ1) is 13.5. The average molecular weight is 385 g/mol. The summed E-state index contributed by atoms with van der Waals surface area (Å²) in [5.41, 5.74) is 2.52. The molecular formula is C22H27NO5. The van der Waals surface area contributed by atoms with Crippen molar-refractivity contribution in [3.63, 3.8) is 0 Å². The van der Waals surface area contributed by atoms with Gasteiger partial charge in [0.1, 0.15) is 0 Å². The third-order valence-corrected chi connectivity index (χ3v) is 4.30. The molecule has 150 valence electrons. The summed E-state index contributed by atoms with van der Waals surface area (Å²) in [5.74, 6) is 0.0183. The Morgan fingerprint density at radius 2 is 1.75 bits per heavy atom. The zero-order valence-corrected chi connectivity index (χ0v) is 16.8. The molecule has 0 aromatic heterocycles. The zero-order chi connectivity index (χ0) is 20.5. The summed E-state index contributed by atoms with van der Waals surface area (Å²) in [7, 11) is 1.52. The molecule has 0 saturated carbocycles. The van der Waals surface area contributed by atoms with Crippen molar-refractivity contribution < 1.29 is 23.8 Å². The second kappa shape index (κ2) is 10.3. The van der Waals surface area contributed by atoms with E-state index in [-0.39, 0.29) is 18.6 Å². The molecular weight excluding hydrogens is 358 g/mol. The lowest BCUT2D eigenvalue weighted by Gasteiger charge is -2.15. The van der Waals surface area contributed by atoms with Crippen molar-refractivity contribution in [2.45, 2.75) is 33.2 Å². The third-order valence-electron chi connectivity index (χ3n) is 4.30. The Morgan fingerprint density at radius 3 is 2.36 bits per heavy atom. The van der Waals surface area contributed by atoms with Gasteiger partial charge in [0.25, 0.3) is 5.91 Å². The minimum Gasteiger partial charge on any atom is -0.493 e. The van der Waals surface area contributed by atoms with Crippen molar-refractivity contribution in [2.24, 2.45) is 0 Å². The van der Waals surface area contributed by atoms with Crippen LogP contribution in [0.2, 0.25) is 0 Å². The molecule has 0 radical (unpaired) electrons. The van der Waals surface area contributed by atoms with Crippen molar-refractivity contribution in [1.29, 1.82) is 0 Å². The second-order valence-corrected chi connectivity index (χ2v) is 6.26. The van der Waals surface area contributed by atoms with E-state index in [2.05, 4.69) is 12.2 Å². The van der Waals surface area contributed by atoms with Crippen LogP contribution in [-0.2, 0) is 16.0 Å². The molecule has 1 N–H and O–H groups in total. The van der Waals surface area contributed by atoms with Gasteiger partial charge >= 0.3 is 5.97 Å². The number of amides is 1. The minimum absolute atomic E-state index is 0.178. The van der Waals surface area contributed by atoms with Crippen molar-refractivity contribution in [2.75, 3.05) is 20.3 Å². The van der Waals surface area contributed by atoms with E-state index in [1.54, 1.807) is 18.2 Å². The molecule has 1 amide bonds. The predicted molar refractivity (Wildman–Crippen MR) is 107 cm³/mol. The topological polar surface area (TPSA) is 73.9 Å². The summed E-state index contributed by atoms with van der Waals surface area (Å²) < 4.78 is 15.8. The Balaban J connectivity index is 1.90. The number of esters is 1. The largest absolute Gasteiger partial charge is 0.493 e. The second-order valence-electron chi connectivity index (χ2n) is 6.26. The fourth-order valence-electron chi connectivity index (χ4n) is 2.69. The van der Waals surface area contributed by atoms with Crippen LogP contribution in [0, 0.1) is 0 Å². The van der Waals surface area contributed by atoms with Gasteiger partial charge in [0, 0.05) is 0 Å². The number of aryl methyl sites for hydroxylation is 1. The van der Waals surface area contributed by atoms with Crippen LogP contribution in [0.4, 0.5) is 0 Å². The van der Waals surface area contributed by atoms with E-state index >= 15 is 0 Å². The SMILES string of the molecule is CCOc1cc(C(=O)OCC(=O)N[C@H](C)c2ccc(CC)cc2)ccc1OC. The van der Waals surface area contributed by atoms with E-state index in [0.717, 1.165) is 12.0 Å². The summed E-state index contributed by atoms with van der Waals surface area (Å²) in [6.07, 6.45) is 0.966. The zero-order valence-electron chi connectivity index (χ0n) is 16.8. The molecule has 28 heavy (non-hydrogen) atoms. The number of carbonyl (C=O) groups is 2. The number of methoxy groups -OCH3 is 1. The molecule has 0 aliphatic rings. The maximum Gasteiger partial charge on any atom is 0.338 e. The summed E-state index contributed by atoms with van der Waals surface area (Å²) >= 11 is 0. The first kappa shape index (κ1) is 21.3. The van der Waals surface area contributed by atoms with Gasteiger partial charge in [0.2, 0.25) is 0 Å². The Hall–Kier alpha value is -3.02. The summed E-state index contributed by atoms with van der Waals surface area (Å²) in [5, 5.41) is 2.83. The number of benzene rings is 2. The van der Waals surface area contributed by atoms with Crippen molar-refractivity contribution >= 4 is 11.9 Å². The van der Waals surface area contributed by atoms with Crippen molar-refractivity contribution in [3.05, 3.63) is 59.2 Å². The molecule has 0 heterocycles. The van der Waals surface area contributed by atoms with Gasteiger partial charge in [-0.2, -0.15) is 0 Å². The van der Waals surface area contributed by atoms with E-state index in [9.17, 15) is 9.59 Å². The van der Waals surface area contributed by atoms with Crippen LogP contribution in [0.25, 0.3) is 0 Å². The number of carbonyl (C=O) groups excluding carboxylic acids is 2. The van der Waals surface area contributed by atoms with Gasteiger partial charge in [-0.25, -0.2) is 4.79 Å². The summed E-state index contributed by atoms with van der Waals surface area (Å²) in [4.78, 5) is 24.4. The van der Waals surface area contributed by atoms with Gasteiger partial charge in [-0.1, -0.05) is 31.2 Å². The highest BCUT2D eigenvalue weighted by Gasteiger charge is 2.15. The maximum atomic E-state index is 12.2. The van der Waals surface area contributed by atoms with Crippen LogP contribution in [-0.4, -0.2) is 32.2 Å². The number of rotatable bonds is 9. The van der Waals surface area contributed by atoms with Crippen molar-refractivity contribution in [1.82, 2.24) is 5.32 Å². The van der Waals surface area contributed by atoms with Gasteiger partial charge in [-0.3, -0.25) is 4.79 Å². The van der Waals surface area contributed by atoms with Gasteiger partial charge in [0.05, 0.1) is 25.3 Å². The van der Waals surface area contributed by atoms with Crippen LogP contribution in [0.1, 0.15) is 48.3 Å². The van der Waals surface area contributed by atoms with Crippen LogP contribution in [0.3, 0.4) is 0 Å². The Bertz CT molecular complexity index is 801. The van der Waals surface area contributed by atoms with E-state index in [0.29, 0.717) is 23.7 Å². The van der Waals surface area contributed by atoms with Crippen LogP contribution in [0.15, 0.2) is 42.5 Å². The van der Waals surface area contributed by atoms with Crippen LogP contribution < -0.4 is 14.8 Å². The van der Waals surface area contributed by atoms with Gasteiger partial charge in [0.15, 0.2) is 18.1 Å². The molecule has 0 aliphatic carbocycles. The molecule has 1 atom stereocenters. The minimum atomic E-state index is -0.598. The Morgan fingerprint density at radius 1 is 1.04 bits per heavy atom. The average Bonchev–Trinajstić information content (AvgIpc) is 2.72. The number of nitrogens with one attached hydrogen (secondary N) is 1. The van der Waals surface area contributed by atoms with E-state index in [4.69, 9.17) is 14.2 Å². The molecule has 0 fully saturated rings.